The van der Waals surface area contributed by atoms with E-state index in [1.165, 1.54) is 7.11 Å². The molecule has 4 nitrogen and oxygen atoms in total. The molecule has 0 unspecified atom stereocenters. The number of rotatable bonds is 3. The minimum atomic E-state index is -0.234. The van der Waals surface area contributed by atoms with Gasteiger partial charge in [0.05, 0.1) is 12.7 Å². The van der Waals surface area contributed by atoms with E-state index < -0.39 is 0 Å². The summed E-state index contributed by atoms with van der Waals surface area (Å²) in [5.41, 5.74) is 2.26. The first-order chi connectivity index (χ1) is 11.1. The lowest BCUT2D eigenvalue weighted by Crippen LogP contribution is -2.13. The van der Waals surface area contributed by atoms with Gasteiger partial charge < -0.3 is 15.2 Å². The van der Waals surface area contributed by atoms with Gasteiger partial charge in [0.25, 0.3) is 5.91 Å². The van der Waals surface area contributed by atoms with Crippen LogP contribution in [0.2, 0.25) is 0 Å². The molecule has 0 aliphatic carbocycles. The Morgan fingerprint density at radius 1 is 1.04 bits per heavy atom. The van der Waals surface area contributed by atoms with Crippen LogP contribution < -0.4 is 10.1 Å². The molecule has 0 saturated heterocycles. The molecule has 0 radical (unpaired) electrons. The first-order valence-electron chi connectivity index (χ1n) is 7.25. The average Bonchev–Trinajstić information content (AvgIpc) is 2.53. The summed E-state index contributed by atoms with van der Waals surface area (Å²) < 4.78 is 5.33. The number of ether oxygens (including phenoxy) is 1. The van der Waals surface area contributed by atoms with Crippen LogP contribution in [0, 0.1) is 6.92 Å². The van der Waals surface area contributed by atoms with Gasteiger partial charge in [-0.1, -0.05) is 18.2 Å². The van der Waals surface area contributed by atoms with E-state index in [0.717, 1.165) is 22.0 Å². The molecule has 1 amide bonds. The Kier molecular flexibility index (Phi) is 3.89. The number of phenols is 1. The molecule has 0 aromatic heterocycles. The quantitative estimate of drug-likeness (QED) is 0.765. The molecule has 0 aliphatic heterocycles. The Bertz CT molecular complexity index is 887. The summed E-state index contributed by atoms with van der Waals surface area (Å²) in [6, 6.07) is 16.1. The minimum Gasteiger partial charge on any atom is -0.508 e. The van der Waals surface area contributed by atoms with Gasteiger partial charge in [0.1, 0.15) is 11.5 Å². The Morgan fingerprint density at radius 3 is 2.61 bits per heavy atom. The molecule has 4 heteroatoms. The van der Waals surface area contributed by atoms with E-state index in [9.17, 15) is 9.90 Å². The lowest BCUT2D eigenvalue weighted by Gasteiger charge is -2.11. The number of carbonyl (C=O) groups excluding carboxylic acids is 1. The van der Waals surface area contributed by atoms with Crippen LogP contribution in [0.1, 0.15) is 15.9 Å². The highest BCUT2D eigenvalue weighted by atomic mass is 16.5. The van der Waals surface area contributed by atoms with E-state index in [2.05, 4.69) is 5.32 Å². The molecule has 0 atom stereocenters. The number of aryl methyl sites for hydroxylation is 1. The van der Waals surface area contributed by atoms with Gasteiger partial charge in [0, 0.05) is 5.69 Å². The van der Waals surface area contributed by atoms with Crippen molar-refractivity contribution in [2.24, 2.45) is 0 Å². The highest BCUT2D eigenvalue weighted by molar-refractivity contribution is 6.08. The maximum Gasteiger partial charge on any atom is 0.259 e. The van der Waals surface area contributed by atoms with Gasteiger partial charge in [0.2, 0.25) is 0 Å². The summed E-state index contributed by atoms with van der Waals surface area (Å²) in [6.07, 6.45) is 0. The normalized spacial score (nSPS) is 10.5. The molecule has 23 heavy (non-hydrogen) atoms. The van der Waals surface area contributed by atoms with Gasteiger partial charge in [-0.15, -0.1) is 0 Å². The fourth-order valence-electron chi connectivity index (χ4n) is 2.53. The molecule has 116 valence electrons. The van der Waals surface area contributed by atoms with Crippen LogP contribution in [0.15, 0.2) is 54.6 Å². The van der Waals surface area contributed by atoms with Crippen molar-refractivity contribution in [2.45, 2.75) is 6.92 Å². The molecule has 0 spiro atoms. The fraction of sp³-hybridized carbons (Fsp3) is 0.105. The number of fused-ring (bicyclic) bond motifs is 1. The number of methoxy groups -OCH3 is 1. The van der Waals surface area contributed by atoms with E-state index in [1.54, 1.807) is 30.3 Å². The first kappa shape index (κ1) is 14.9. The van der Waals surface area contributed by atoms with E-state index in [-0.39, 0.29) is 11.7 Å². The van der Waals surface area contributed by atoms with Gasteiger partial charge in [-0.3, -0.25) is 4.79 Å². The minimum absolute atomic E-state index is 0.177. The summed E-state index contributed by atoms with van der Waals surface area (Å²) in [5.74, 6) is 0.409. The summed E-state index contributed by atoms with van der Waals surface area (Å²) in [7, 11) is 1.52. The van der Waals surface area contributed by atoms with Crippen molar-refractivity contribution in [1.29, 1.82) is 0 Å². The van der Waals surface area contributed by atoms with Crippen molar-refractivity contribution in [1.82, 2.24) is 0 Å². The lowest BCUT2D eigenvalue weighted by molar-refractivity contribution is 0.102. The van der Waals surface area contributed by atoms with Gasteiger partial charge in [-0.05, 0) is 59.7 Å². The highest BCUT2D eigenvalue weighted by Crippen LogP contribution is 2.29. The first-order valence-corrected chi connectivity index (χ1v) is 7.25. The zero-order valence-electron chi connectivity index (χ0n) is 13.0. The second-order valence-corrected chi connectivity index (χ2v) is 5.41. The monoisotopic (exact) mass is 307 g/mol. The van der Waals surface area contributed by atoms with Crippen molar-refractivity contribution in [3.05, 3.63) is 65.7 Å². The molecule has 0 aliphatic rings. The van der Waals surface area contributed by atoms with Crippen LogP contribution in [-0.2, 0) is 0 Å². The lowest BCUT2D eigenvalue weighted by atomic mass is 10.0. The topological polar surface area (TPSA) is 58.6 Å². The summed E-state index contributed by atoms with van der Waals surface area (Å²) >= 11 is 0. The maximum absolute atomic E-state index is 12.6. The van der Waals surface area contributed by atoms with E-state index in [1.807, 2.05) is 31.2 Å². The SMILES string of the molecule is COc1cc2cc(O)ccc2cc1C(=O)Nc1cccc(C)c1. The molecule has 0 bridgehead atoms. The number of hydrogen-bond donors (Lipinski definition) is 2. The van der Waals surface area contributed by atoms with Crippen LogP contribution in [0.25, 0.3) is 10.8 Å². The second kappa shape index (κ2) is 6.01. The number of hydrogen-bond acceptors (Lipinski definition) is 3. The van der Waals surface area contributed by atoms with Crippen molar-refractivity contribution in [3.63, 3.8) is 0 Å². The number of carbonyl (C=O) groups is 1. The van der Waals surface area contributed by atoms with Crippen molar-refractivity contribution >= 4 is 22.4 Å². The third kappa shape index (κ3) is 3.11. The van der Waals surface area contributed by atoms with Crippen LogP contribution >= 0.6 is 0 Å². The van der Waals surface area contributed by atoms with Crippen molar-refractivity contribution < 1.29 is 14.6 Å². The summed E-state index contributed by atoms with van der Waals surface area (Å²) in [5, 5.41) is 14.1. The number of aromatic hydroxyl groups is 1. The number of phenolic OH excluding ortho intramolecular Hbond substituents is 1. The molecular formula is C19H17NO3. The maximum atomic E-state index is 12.6. The highest BCUT2D eigenvalue weighted by Gasteiger charge is 2.14. The molecule has 2 N–H and O–H groups in total. The molecular weight excluding hydrogens is 290 g/mol. The third-order valence-electron chi connectivity index (χ3n) is 3.66. The number of nitrogens with one attached hydrogen (secondary N) is 1. The van der Waals surface area contributed by atoms with Crippen LogP contribution in [0.5, 0.6) is 11.5 Å². The van der Waals surface area contributed by atoms with Gasteiger partial charge in [0.15, 0.2) is 0 Å². The van der Waals surface area contributed by atoms with Gasteiger partial charge >= 0.3 is 0 Å². The number of amides is 1. The van der Waals surface area contributed by atoms with Gasteiger partial charge in [-0.25, -0.2) is 0 Å². The Morgan fingerprint density at radius 2 is 1.87 bits per heavy atom. The standard InChI is InChI=1S/C19H17NO3/c1-12-4-3-5-15(8-12)20-19(22)17-10-13-6-7-16(21)9-14(13)11-18(17)23-2/h3-11,21H,1-2H3,(H,20,22). The predicted octanol–water partition coefficient (Wildman–Crippen LogP) is 4.11. The number of anilines is 1. The van der Waals surface area contributed by atoms with Crippen molar-refractivity contribution in [3.8, 4) is 11.5 Å². The zero-order valence-corrected chi connectivity index (χ0v) is 13.0. The Balaban J connectivity index is 2.00. The second-order valence-electron chi connectivity index (χ2n) is 5.41. The molecule has 3 aromatic rings. The average molecular weight is 307 g/mol. The van der Waals surface area contributed by atoms with Crippen molar-refractivity contribution in [2.75, 3.05) is 12.4 Å². The molecule has 3 rings (SSSR count). The molecule has 0 saturated carbocycles. The summed E-state index contributed by atoms with van der Waals surface area (Å²) in [6.45, 7) is 1.97. The molecule has 0 heterocycles. The summed E-state index contributed by atoms with van der Waals surface area (Å²) in [4.78, 5) is 12.6. The van der Waals surface area contributed by atoms with Gasteiger partial charge in [-0.2, -0.15) is 0 Å². The van der Waals surface area contributed by atoms with E-state index >= 15 is 0 Å². The third-order valence-corrected chi connectivity index (χ3v) is 3.66. The van der Waals surface area contributed by atoms with Crippen LogP contribution in [0.3, 0.4) is 0 Å². The molecule has 3 aromatic carbocycles. The smallest absolute Gasteiger partial charge is 0.259 e. The van der Waals surface area contributed by atoms with Crippen LogP contribution in [-0.4, -0.2) is 18.1 Å². The number of benzene rings is 3. The largest absolute Gasteiger partial charge is 0.508 e. The fourth-order valence-corrected chi connectivity index (χ4v) is 2.53. The predicted molar refractivity (Wildman–Crippen MR) is 91.3 cm³/mol. The Labute approximate surface area is 134 Å². The Hall–Kier alpha value is -3.01. The van der Waals surface area contributed by atoms with E-state index in [0.29, 0.717) is 11.3 Å². The zero-order chi connectivity index (χ0) is 16.4. The van der Waals surface area contributed by atoms with E-state index in [4.69, 9.17) is 4.74 Å². The van der Waals surface area contributed by atoms with Crippen LogP contribution in [0.4, 0.5) is 5.69 Å². The molecule has 0 fully saturated rings.